The van der Waals surface area contributed by atoms with E-state index in [1.807, 2.05) is 6.92 Å². The summed E-state index contributed by atoms with van der Waals surface area (Å²) in [5, 5.41) is 3.42. The molecule has 4 rings (SSSR count). The van der Waals surface area contributed by atoms with E-state index in [1.165, 1.54) is 36.1 Å². The first-order valence-corrected chi connectivity index (χ1v) is 13.3. The molecule has 1 aliphatic rings. The number of nitrogens with one attached hydrogen (secondary N) is 1. The summed E-state index contributed by atoms with van der Waals surface area (Å²) in [7, 11) is -3.99. The standard InChI is InChI=1S/C27H29ClN2O3S/c1-19-25(28)13-8-14-26(19)30(34(32,33)24-11-4-3-5-12-24)18-27(31)29-20(2)22-16-15-21-9-6-7-10-23(21)17-22/h3-5,8,11-17,20H,6-7,9-10,18H2,1-2H3,(H,29,31)/t20-/m0/s1. The number of aryl methyl sites for hydroxylation is 2. The highest BCUT2D eigenvalue weighted by Crippen LogP contribution is 2.31. The zero-order valence-corrected chi connectivity index (χ0v) is 21.0. The maximum Gasteiger partial charge on any atom is 0.264 e. The highest BCUT2D eigenvalue weighted by Gasteiger charge is 2.29. The molecule has 5 nitrogen and oxygen atoms in total. The zero-order chi connectivity index (χ0) is 24.3. The van der Waals surface area contributed by atoms with Gasteiger partial charge in [0.05, 0.1) is 16.6 Å². The second-order valence-electron chi connectivity index (χ2n) is 8.73. The van der Waals surface area contributed by atoms with Gasteiger partial charge in [-0.25, -0.2) is 8.42 Å². The predicted octanol–water partition coefficient (Wildman–Crippen LogP) is 5.60. The topological polar surface area (TPSA) is 66.5 Å². The number of hydrogen-bond donors (Lipinski definition) is 1. The minimum atomic E-state index is -3.99. The first-order valence-electron chi connectivity index (χ1n) is 11.5. The third-order valence-corrected chi connectivity index (χ3v) is 8.56. The fraction of sp³-hybridized carbons (Fsp3) is 0.296. The van der Waals surface area contributed by atoms with Crippen molar-refractivity contribution in [2.75, 3.05) is 10.8 Å². The molecule has 0 radical (unpaired) electrons. The van der Waals surface area contributed by atoms with Gasteiger partial charge in [0.2, 0.25) is 5.91 Å². The van der Waals surface area contributed by atoms with Gasteiger partial charge in [0, 0.05) is 5.02 Å². The Morgan fingerprint density at radius 2 is 1.71 bits per heavy atom. The van der Waals surface area contributed by atoms with Crippen molar-refractivity contribution in [2.24, 2.45) is 0 Å². The van der Waals surface area contributed by atoms with Crippen LogP contribution in [0.15, 0.2) is 71.6 Å². The number of rotatable bonds is 7. The SMILES string of the molecule is Cc1c(Cl)cccc1N(CC(=O)N[C@@H](C)c1ccc2c(c1)CCCC2)S(=O)(=O)c1ccccc1. The van der Waals surface area contributed by atoms with Crippen molar-refractivity contribution in [3.05, 3.63) is 94.0 Å². The lowest BCUT2D eigenvalue weighted by Gasteiger charge is -2.27. The van der Waals surface area contributed by atoms with Gasteiger partial charge in [-0.2, -0.15) is 0 Å². The molecule has 0 unspecified atom stereocenters. The number of hydrogen-bond acceptors (Lipinski definition) is 3. The maximum absolute atomic E-state index is 13.6. The lowest BCUT2D eigenvalue weighted by molar-refractivity contribution is -0.120. The second kappa shape index (κ2) is 10.2. The number of amides is 1. The Balaban J connectivity index is 1.60. The monoisotopic (exact) mass is 496 g/mol. The molecule has 0 heterocycles. The van der Waals surface area contributed by atoms with E-state index >= 15 is 0 Å². The van der Waals surface area contributed by atoms with Crippen molar-refractivity contribution in [1.29, 1.82) is 0 Å². The van der Waals surface area contributed by atoms with Crippen molar-refractivity contribution >= 4 is 33.2 Å². The second-order valence-corrected chi connectivity index (χ2v) is 11.0. The molecule has 0 aromatic heterocycles. The van der Waals surface area contributed by atoms with E-state index in [-0.39, 0.29) is 23.4 Å². The number of fused-ring (bicyclic) bond motifs is 1. The Kier molecular flexibility index (Phi) is 7.29. The van der Waals surface area contributed by atoms with Crippen molar-refractivity contribution in [3.8, 4) is 0 Å². The van der Waals surface area contributed by atoms with E-state index in [0.717, 1.165) is 22.7 Å². The highest BCUT2D eigenvalue weighted by molar-refractivity contribution is 7.92. The van der Waals surface area contributed by atoms with Gasteiger partial charge in [0.25, 0.3) is 10.0 Å². The summed E-state index contributed by atoms with van der Waals surface area (Å²) in [4.78, 5) is 13.2. The van der Waals surface area contributed by atoms with Gasteiger partial charge in [-0.3, -0.25) is 9.10 Å². The fourth-order valence-corrected chi connectivity index (χ4v) is 6.08. The Bertz CT molecular complexity index is 1290. The Labute approximate surface area is 206 Å². The molecule has 0 saturated heterocycles. The highest BCUT2D eigenvalue weighted by atomic mass is 35.5. The molecule has 0 spiro atoms. The van der Waals surface area contributed by atoms with Gasteiger partial charge in [-0.15, -0.1) is 0 Å². The van der Waals surface area contributed by atoms with Crippen LogP contribution in [0, 0.1) is 6.92 Å². The van der Waals surface area contributed by atoms with E-state index in [4.69, 9.17) is 11.6 Å². The van der Waals surface area contributed by atoms with Gasteiger partial charge in [-0.1, -0.05) is 54.1 Å². The number of carbonyl (C=O) groups is 1. The van der Waals surface area contributed by atoms with Crippen molar-refractivity contribution in [2.45, 2.75) is 50.5 Å². The summed E-state index contributed by atoms with van der Waals surface area (Å²) in [6.45, 7) is 3.32. The molecule has 34 heavy (non-hydrogen) atoms. The lowest BCUT2D eigenvalue weighted by Crippen LogP contribution is -2.42. The number of sulfonamides is 1. The Hall–Kier alpha value is -2.83. The first-order chi connectivity index (χ1) is 16.3. The van der Waals surface area contributed by atoms with Crippen LogP contribution in [0.4, 0.5) is 5.69 Å². The third-order valence-electron chi connectivity index (χ3n) is 6.38. The van der Waals surface area contributed by atoms with Gasteiger partial charge in [0.1, 0.15) is 6.54 Å². The molecule has 3 aromatic rings. The van der Waals surface area contributed by atoms with E-state index < -0.39 is 10.0 Å². The fourth-order valence-electron chi connectivity index (χ4n) is 4.41. The minimum absolute atomic E-state index is 0.116. The van der Waals surface area contributed by atoms with E-state index in [2.05, 4.69) is 23.5 Å². The van der Waals surface area contributed by atoms with Crippen LogP contribution in [0.2, 0.25) is 5.02 Å². The number of nitrogens with zero attached hydrogens (tertiary/aromatic N) is 1. The molecule has 1 aliphatic carbocycles. The first kappa shape index (κ1) is 24.3. The molecule has 1 atom stereocenters. The third kappa shape index (κ3) is 5.13. The van der Waals surface area contributed by atoms with Gasteiger partial charge in [0.15, 0.2) is 0 Å². The zero-order valence-electron chi connectivity index (χ0n) is 19.4. The van der Waals surface area contributed by atoms with Crippen molar-refractivity contribution in [1.82, 2.24) is 5.32 Å². The number of halogens is 1. The molecule has 178 valence electrons. The molecule has 1 amide bonds. The Morgan fingerprint density at radius 1 is 1.00 bits per heavy atom. The van der Waals surface area contributed by atoms with Crippen LogP contribution in [-0.4, -0.2) is 20.9 Å². The summed E-state index contributed by atoms with van der Waals surface area (Å²) < 4.78 is 28.2. The van der Waals surface area contributed by atoms with E-state index in [9.17, 15) is 13.2 Å². The van der Waals surface area contributed by atoms with Crippen molar-refractivity contribution < 1.29 is 13.2 Å². The molecule has 0 aliphatic heterocycles. The van der Waals surface area contributed by atoms with Gasteiger partial charge < -0.3 is 5.32 Å². The van der Waals surface area contributed by atoms with Crippen LogP contribution in [0.25, 0.3) is 0 Å². The summed E-state index contributed by atoms with van der Waals surface area (Å²) >= 11 is 6.29. The number of benzene rings is 3. The quantitative estimate of drug-likeness (QED) is 0.463. The lowest BCUT2D eigenvalue weighted by atomic mass is 9.89. The summed E-state index contributed by atoms with van der Waals surface area (Å²) in [5.41, 5.74) is 4.72. The summed E-state index contributed by atoms with van der Waals surface area (Å²) in [6.07, 6.45) is 4.55. The average Bonchev–Trinajstić information content (AvgIpc) is 2.84. The molecule has 0 saturated carbocycles. The van der Waals surface area contributed by atoms with Crippen LogP contribution in [-0.2, 0) is 27.7 Å². The van der Waals surface area contributed by atoms with E-state index in [1.54, 1.807) is 43.3 Å². The molecule has 1 N–H and O–H groups in total. The van der Waals surface area contributed by atoms with E-state index in [0.29, 0.717) is 16.3 Å². The normalized spacial score (nSPS) is 14.2. The smallest absolute Gasteiger partial charge is 0.264 e. The van der Waals surface area contributed by atoms with Crippen LogP contribution >= 0.6 is 11.6 Å². The van der Waals surface area contributed by atoms with Crippen LogP contribution in [0.3, 0.4) is 0 Å². The predicted molar refractivity (Wildman–Crippen MR) is 137 cm³/mol. The summed E-state index contributed by atoms with van der Waals surface area (Å²) in [6, 6.07) is 19.3. The number of anilines is 1. The number of carbonyl (C=O) groups excluding carboxylic acids is 1. The molecular weight excluding hydrogens is 468 g/mol. The largest absolute Gasteiger partial charge is 0.348 e. The molecular formula is C27H29ClN2O3S. The van der Waals surface area contributed by atoms with Crippen LogP contribution in [0.5, 0.6) is 0 Å². The summed E-state index contributed by atoms with van der Waals surface area (Å²) in [5.74, 6) is -0.385. The Morgan fingerprint density at radius 3 is 2.44 bits per heavy atom. The molecule has 3 aromatic carbocycles. The van der Waals surface area contributed by atoms with Crippen molar-refractivity contribution in [3.63, 3.8) is 0 Å². The molecule has 0 bridgehead atoms. The van der Waals surface area contributed by atoms with Crippen LogP contribution in [0.1, 0.15) is 48.1 Å². The van der Waals surface area contributed by atoms with Gasteiger partial charge in [-0.05, 0) is 86.1 Å². The molecule has 0 fully saturated rings. The average molecular weight is 497 g/mol. The maximum atomic E-state index is 13.6. The van der Waals surface area contributed by atoms with Crippen LogP contribution < -0.4 is 9.62 Å². The minimum Gasteiger partial charge on any atom is -0.348 e. The molecule has 7 heteroatoms. The van der Waals surface area contributed by atoms with Gasteiger partial charge >= 0.3 is 0 Å².